The van der Waals surface area contributed by atoms with Gasteiger partial charge in [-0.1, -0.05) is 0 Å². The fraction of sp³-hybridized carbons (Fsp3) is 0.812. The molecule has 2 amide bonds. The number of aliphatic carboxylic acids is 1. The largest absolute Gasteiger partial charge is 0.481 e. The van der Waals surface area contributed by atoms with Crippen LogP contribution in [0, 0.1) is 11.3 Å². The molecule has 0 aromatic heterocycles. The predicted octanol–water partition coefficient (Wildman–Crippen LogP) is -0.205. The molecule has 3 fully saturated rings. The number of fused-ring (bicyclic) bond motifs is 1. The first-order chi connectivity index (χ1) is 11.5. The van der Waals surface area contributed by atoms with Crippen LogP contribution >= 0.6 is 0 Å². The summed E-state index contributed by atoms with van der Waals surface area (Å²) in [6, 6.07) is 0. The summed E-state index contributed by atoms with van der Waals surface area (Å²) in [6.07, 6.45) is 2.38. The molecule has 0 radical (unpaired) electrons. The first-order valence-electron chi connectivity index (χ1n) is 8.66. The van der Waals surface area contributed by atoms with Gasteiger partial charge in [0.05, 0.1) is 12.5 Å². The van der Waals surface area contributed by atoms with Crippen LogP contribution in [0.3, 0.4) is 0 Å². The highest BCUT2D eigenvalue weighted by Gasteiger charge is 2.62. The molecule has 2 atom stereocenters. The molecule has 3 saturated heterocycles. The van der Waals surface area contributed by atoms with Crippen molar-refractivity contribution in [1.82, 2.24) is 14.9 Å². The van der Waals surface area contributed by atoms with Crippen molar-refractivity contribution in [1.29, 1.82) is 0 Å². The van der Waals surface area contributed by atoms with Crippen LogP contribution in [0.4, 0.5) is 0 Å². The molecular formula is C16H25N3O5. The molecule has 0 aromatic carbocycles. The Balaban J connectivity index is 1.62. The fourth-order valence-corrected chi connectivity index (χ4v) is 3.97. The van der Waals surface area contributed by atoms with E-state index in [1.807, 2.05) is 6.92 Å². The minimum atomic E-state index is -1.15. The van der Waals surface area contributed by atoms with Gasteiger partial charge in [-0.2, -0.15) is 5.06 Å². The SMILES string of the molecule is CCN1C[C@@]2(C(=O)O)CN(C(=O)CCN3CCCCO3)C[C@H]2C1=O. The molecule has 0 saturated carbocycles. The summed E-state index contributed by atoms with van der Waals surface area (Å²) < 4.78 is 0. The van der Waals surface area contributed by atoms with E-state index in [1.54, 1.807) is 14.9 Å². The number of rotatable bonds is 5. The summed E-state index contributed by atoms with van der Waals surface area (Å²) in [7, 11) is 0. The van der Waals surface area contributed by atoms with Crippen LogP contribution < -0.4 is 0 Å². The summed E-state index contributed by atoms with van der Waals surface area (Å²) in [5.41, 5.74) is -1.15. The second-order valence-electron chi connectivity index (χ2n) is 6.86. The number of amides is 2. The summed E-state index contributed by atoms with van der Waals surface area (Å²) in [6.45, 7) is 4.88. The van der Waals surface area contributed by atoms with Gasteiger partial charge in [-0.15, -0.1) is 0 Å². The smallest absolute Gasteiger partial charge is 0.314 e. The van der Waals surface area contributed by atoms with Crippen LogP contribution in [0.25, 0.3) is 0 Å². The number of hydrogen-bond donors (Lipinski definition) is 1. The quantitative estimate of drug-likeness (QED) is 0.746. The third-order valence-corrected chi connectivity index (χ3v) is 5.44. The van der Waals surface area contributed by atoms with E-state index in [4.69, 9.17) is 4.84 Å². The van der Waals surface area contributed by atoms with Gasteiger partial charge in [0.2, 0.25) is 11.8 Å². The number of nitrogens with zero attached hydrogens (tertiary/aromatic N) is 3. The van der Waals surface area contributed by atoms with Gasteiger partial charge in [-0.05, 0) is 19.8 Å². The van der Waals surface area contributed by atoms with E-state index < -0.39 is 17.3 Å². The molecule has 8 nitrogen and oxygen atoms in total. The maximum absolute atomic E-state index is 12.5. The van der Waals surface area contributed by atoms with Crippen molar-refractivity contribution < 1.29 is 24.3 Å². The van der Waals surface area contributed by atoms with Crippen molar-refractivity contribution in [2.45, 2.75) is 26.2 Å². The number of hydrogen-bond acceptors (Lipinski definition) is 5. The molecule has 134 valence electrons. The summed E-state index contributed by atoms with van der Waals surface area (Å²) in [5.74, 6) is -1.85. The van der Waals surface area contributed by atoms with E-state index >= 15 is 0 Å². The van der Waals surface area contributed by atoms with Crippen molar-refractivity contribution in [3.8, 4) is 0 Å². The molecule has 8 heteroatoms. The molecular weight excluding hydrogens is 314 g/mol. The lowest BCUT2D eigenvalue weighted by Crippen LogP contribution is -2.42. The van der Waals surface area contributed by atoms with E-state index in [1.165, 1.54) is 0 Å². The van der Waals surface area contributed by atoms with Crippen molar-refractivity contribution in [2.24, 2.45) is 11.3 Å². The Morgan fingerprint density at radius 3 is 2.71 bits per heavy atom. The molecule has 0 unspecified atom stereocenters. The van der Waals surface area contributed by atoms with E-state index in [0.717, 1.165) is 19.4 Å². The van der Waals surface area contributed by atoms with E-state index in [-0.39, 0.29) is 37.9 Å². The maximum Gasteiger partial charge on any atom is 0.314 e. The predicted molar refractivity (Wildman–Crippen MR) is 83.8 cm³/mol. The Morgan fingerprint density at radius 1 is 1.33 bits per heavy atom. The zero-order valence-electron chi connectivity index (χ0n) is 14.1. The highest BCUT2D eigenvalue weighted by Crippen LogP contribution is 2.43. The zero-order valence-corrected chi connectivity index (χ0v) is 14.1. The minimum absolute atomic E-state index is 0.102. The van der Waals surface area contributed by atoms with Gasteiger partial charge in [-0.25, -0.2) is 0 Å². The average molecular weight is 339 g/mol. The summed E-state index contributed by atoms with van der Waals surface area (Å²) in [4.78, 5) is 45.3. The highest BCUT2D eigenvalue weighted by molar-refractivity contribution is 5.94. The normalized spacial score (nSPS) is 30.7. The van der Waals surface area contributed by atoms with Gasteiger partial charge in [0.1, 0.15) is 5.41 Å². The first kappa shape index (κ1) is 17.2. The summed E-state index contributed by atoms with van der Waals surface area (Å²) in [5, 5.41) is 11.5. The molecule has 0 aliphatic carbocycles. The second kappa shape index (κ2) is 6.68. The molecule has 3 aliphatic heterocycles. The van der Waals surface area contributed by atoms with Crippen molar-refractivity contribution in [3.05, 3.63) is 0 Å². The van der Waals surface area contributed by atoms with E-state index in [9.17, 15) is 19.5 Å². The third-order valence-electron chi connectivity index (χ3n) is 5.44. The van der Waals surface area contributed by atoms with Gasteiger partial charge >= 0.3 is 5.97 Å². The standard InChI is InChI=1S/C16H25N3O5/c1-2-17-10-16(15(22)23)11-18(9-12(16)14(17)21)13(20)5-7-19-6-3-4-8-24-19/h12H,2-11H2,1H3,(H,22,23)/t12-,16+/m0/s1. The van der Waals surface area contributed by atoms with Gasteiger partial charge < -0.3 is 14.9 Å². The number of carboxylic acid groups (broad SMARTS) is 1. The van der Waals surface area contributed by atoms with Gasteiger partial charge in [0.25, 0.3) is 0 Å². The molecule has 24 heavy (non-hydrogen) atoms. The van der Waals surface area contributed by atoms with Crippen molar-refractivity contribution in [2.75, 3.05) is 45.9 Å². The lowest BCUT2D eigenvalue weighted by Gasteiger charge is -2.27. The third kappa shape index (κ3) is 2.88. The van der Waals surface area contributed by atoms with Crippen LogP contribution in [0.2, 0.25) is 0 Å². The molecule has 0 spiro atoms. The molecule has 0 bridgehead atoms. The van der Waals surface area contributed by atoms with Crippen LogP contribution in [0.15, 0.2) is 0 Å². The monoisotopic (exact) mass is 339 g/mol. The number of likely N-dealkylation sites (tertiary alicyclic amines) is 2. The lowest BCUT2D eigenvalue weighted by molar-refractivity contribution is -0.182. The van der Waals surface area contributed by atoms with E-state index in [2.05, 4.69) is 0 Å². The van der Waals surface area contributed by atoms with E-state index in [0.29, 0.717) is 19.7 Å². The first-order valence-corrected chi connectivity index (χ1v) is 8.66. The van der Waals surface area contributed by atoms with Crippen LogP contribution in [0.1, 0.15) is 26.2 Å². The lowest BCUT2D eigenvalue weighted by atomic mass is 9.81. The van der Waals surface area contributed by atoms with Crippen LogP contribution in [-0.2, 0) is 19.2 Å². The Kier molecular flexibility index (Phi) is 4.78. The number of hydroxylamine groups is 2. The Morgan fingerprint density at radius 2 is 2.12 bits per heavy atom. The maximum atomic E-state index is 12.5. The Bertz CT molecular complexity index is 534. The van der Waals surface area contributed by atoms with Crippen LogP contribution in [-0.4, -0.2) is 83.6 Å². The zero-order chi connectivity index (χ0) is 17.3. The van der Waals surface area contributed by atoms with Crippen LogP contribution in [0.5, 0.6) is 0 Å². The van der Waals surface area contributed by atoms with Crippen molar-refractivity contribution >= 4 is 17.8 Å². The fourth-order valence-electron chi connectivity index (χ4n) is 3.97. The highest BCUT2D eigenvalue weighted by atomic mass is 16.7. The Hall–Kier alpha value is -1.67. The number of carboxylic acids is 1. The molecule has 0 aromatic rings. The second-order valence-corrected chi connectivity index (χ2v) is 6.86. The van der Waals surface area contributed by atoms with Gasteiger partial charge in [0, 0.05) is 45.7 Å². The molecule has 3 aliphatic rings. The minimum Gasteiger partial charge on any atom is -0.481 e. The number of carbonyl (C=O) groups is 3. The van der Waals surface area contributed by atoms with Crippen molar-refractivity contribution in [3.63, 3.8) is 0 Å². The topological polar surface area (TPSA) is 90.4 Å². The van der Waals surface area contributed by atoms with Gasteiger partial charge in [-0.3, -0.25) is 19.2 Å². The Labute approximate surface area is 141 Å². The molecule has 1 N–H and O–H groups in total. The van der Waals surface area contributed by atoms with Gasteiger partial charge in [0.15, 0.2) is 0 Å². The summed E-state index contributed by atoms with van der Waals surface area (Å²) >= 11 is 0. The molecule has 3 heterocycles. The number of carbonyl (C=O) groups excluding carboxylic acids is 2. The average Bonchev–Trinajstić information content (AvgIpc) is 3.10. The molecule has 3 rings (SSSR count).